The van der Waals surface area contributed by atoms with Gasteiger partial charge in [0.25, 0.3) is 0 Å². The van der Waals surface area contributed by atoms with Crippen LogP contribution in [0.4, 0.5) is 4.39 Å². The number of pyridine rings is 1. The lowest BCUT2D eigenvalue weighted by molar-refractivity contribution is 0.0353. The zero-order valence-corrected chi connectivity index (χ0v) is 11.9. The van der Waals surface area contributed by atoms with Crippen LogP contribution in [0.2, 0.25) is 0 Å². The van der Waals surface area contributed by atoms with E-state index in [1.165, 1.54) is 31.5 Å². The predicted octanol–water partition coefficient (Wildman–Crippen LogP) is 2.94. The highest BCUT2D eigenvalue weighted by molar-refractivity contribution is 5.36. The number of nitrogens with zero attached hydrogens (tertiary/aromatic N) is 3. The molecule has 3 heterocycles. The third-order valence-corrected chi connectivity index (χ3v) is 5.40. The molecule has 2 unspecified atom stereocenters. The fourth-order valence-electron chi connectivity index (χ4n) is 4.14. The zero-order valence-electron chi connectivity index (χ0n) is 11.9. The molecule has 2 bridgehead atoms. The molecular formula is C17H18FN3. The summed E-state index contributed by atoms with van der Waals surface area (Å²) in [6, 6.07) is 5.28. The highest BCUT2D eigenvalue weighted by Crippen LogP contribution is 2.47. The minimum absolute atomic E-state index is 0.317. The SMILES string of the molecule is N#CC1(c2cncc(F)c2)CC2C=CC(C1)N2C1CCC1. The van der Waals surface area contributed by atoms with Crippen LogP contribution in [-0.2, 0) is 5.41 Å². The number of hydrogen-bond acceptors (Lipinski definition) is 3. The zero-order chi connectivity index (χ0) is 14.4. The molecule has 1 aromatic heterocycles. The molecule has 1 aliphatic carbocycles. The Hall–Kier alpha value is -1.73. The van der Waals surface area contributed by atoms with Crippen LogP contribution in [0.5, 0.6) is 0 Å². The van der Waals surface area contributed by atoms with Crippen molar-refractivity contribution in [3.8, 4) is 6.07 Å². The van der Waals surface area contributed by atoms with Gasteiger partial charge in [-0.3, -0.25) is 9.88 Å². The molecule has 2 fully saturated rings. The van der Waals surface area contributed by atoms with Crippen LogP contribution in [0.15, 0.2) is 30.6 Å². The van der Waals surface area contributed by atoms with E-state index in [-0.39, 0.29) is 5.82 Å². The number of halogens is 1. The van der Waals surface area contributed by atoms with E-state index in [0.717, 1.165) is 18.4 Å². The van der Waals surface area contributed by atoms with Gasteiger partial charge in [0.15, 0.2) is 0 Å². The molecule has 1 saturated heterocycles. The smallest absolute Gasteiger partial charge is 0.141 e. The Morgan fingerprint density at radius 3 is 2.48 bits per heavy atom. The fourth-order valence-corrected chi connectivity index (χ4v) is 4.14. The van der Waals surface area contributed by atoms with Crippen molar-refractivity contribution in [1.82, 2.24) is 9.88 Å². The normalized spacial score (nSPS) is 35.4. The minimum atomic E-state index is -0.603. The van der Waals surface area contributed by atoms with Crippen molar-refractivity contribution >= 4 is 0 Å². The summed E-state index contributed by atoms with van der Waals surface area (Å²) < 4.78 is 13.5. The lowest BCUT2D eigenvalue weighted by atomic mass is 9.70. The van der Waals surface area contributed by atoms with Gasteiger partial charge in [0.05, 0.1) is 17.7 Å². The summed E-state index contributed by atoms with van der Waals surface area (Å²) in [6.45, 7) is 0. The molecule has 0 amide bonds. The molecule has 4 rings (SSSR count). The van der Waals surface area contributed by atoms with Crippen LogP contribution in [0.3, 0.4) is 0 Å². The molecule has 2 atom stereocenters. The van der Waals surface area contributed by atoms with Gasteiger partial charge in [-0.15, -0.1) is 0 Å². The van der Waals surface area contributed by atoms with Gasteiger partial charge >= 0.3 is 0 Å². The molecule has 1 saturated carbocycles. The van der Waals surface area contributed by atoms with Crippen LogP contribution in [0.1, 0.15) is 37.7 Å². The molecule has 108 valence electrons. The quantitative estimate of drug-likeness (QED) is 0.783. The summed E-state index contributed by atoms with van der Waals surface area (Å²) >= 11 is 0. The largest absolute Gasteiger partial charge is 0.287 e. The van der Waals surface area contributed by atoms with Crippen LogP contribution >= 0.6 is 0 Å². The van der Waals surface area contributed by atoms with Gasteiger partial charge in [0.2, 0.25) is 0 Å². The third-order valence-electron chi connectivity index (χ3n) is 5.40. The summed E-state index contributed by atoms with van der Waals surface area (Å²) in [5.74, 6) is -0.358. The average molecular weight is 283 g/mol. The third kappa shape index (κ3) is 1.91. The molecule has 4 heteroatoms. The Bertz CT molecular complexity index is 613. The Balaban J connectivity index is 1.66. The topological polar surface area (TPSA) is 39.9 Å². The Kier molecular flexibility index (Phi) is 2.87. The van der Waals surface area contributed by atoms with Crippen LogP contribution < -0.4 is 0 Å². The molecule has 1 aromatic rings. The van der Waals surface area contributed by atoms with Crippen molar-refractivity contribution in [2.75, 3.05) is 0 Å². The number of nitriles is 1. The van der Waals surface area contributed by atoms with Gasteiger partial charge < -0.3 is 0 Å². The summed E-state index contributed by atoms with van der Waals surface area (Å²) in [4.78, 5) is 6.52. The second-order valence-corrected chi connectivity index (χ2v) is 6.55. The van der Waals surface area contributed by atoms with Gasteiger partial charge in [-0.25, -0.2) is 4.39 Å². The summed E-state index contributed by atoms with van der Waals surface area (Å²) in [5.41, 5.74) is 0.130. The highest BCUT2D eigenvalue weighted by atomic mass is 19.1. The van der Waals surface area contributed by atoms with E-state index in [9.17, 15) is 9.65 Å². The van der Waals surface area contributed by atoms with Gasteiger partial charge in [-0.05, 0) is 37.3 Å². The summed E-state index contributed by atoms with van der Waals surface area (Å²) in [5, 5.41) is 9.80. The van der Waals surface area contributed by atoms with Crippen LogP contribution in [0.25, 0.3) is 0 Å². The van der Waals surface area contributed by atoms with E-state index in [4.69, 9.17) is 0 Å². The number of piperidine rings is 1. The number of fused-ring (bicyclic) bond motifs is 2. The lowest BCUT2D eigenvalue weighted by Gasteiger charge is -2.49. The molecule has 3 nitrogen and oxygen atoms in total. The molecule has 0 aromatic carbocycles. The average Bonchev–Trinajstić information content (AvgIpc) is 2.70. The number of hydrogen-bond donors (Lipinski definition) is 0. The van der Waals surface area contributed by atoms with Gasteiger partial charge in [0.1, 0.15) is 5.82 Å². The van der Waals surface area contributed by atoms with Gasteiger partial charge in [0, 0.05) is 24.3 Å². The van der Waals surface area contributed by atoms with E-state index in [2.05, 4.69) is 28.1 Å². The maximum absolute atomic E-state index is 13.5. The van der Waals surface area contributed by atoms with Crippen molar-refractivity contribution in [1.29, 1.82) is 5.26 Å². The number of aromatic nitrogens is 1. The Morgan fingerprint density at radius 1 is 1.24 bits per heavy atom. The Morgan fingerprint density at radius 2 is 1.95 bits per heavy atom. The van der Waals surface area contributed by atoms with Crippen molar-refractivity contribution in [2.24, 2.45) is 0 Å². The molecular weight excluding hydrogens is 265 g/mol. The second kappa shape index (κ2) is 4.64. The van der Waals surface area contributed by atoms with Crippen LogP contribution in [0, 0.1) is 17.1 Å². The fraction of sp³-hybridized carbons (Fsp3) is 0.529. The molecule has 21 heavy (non-hydrogen) atoms. The highest BCUT2D eigenvalue weighted by Gasteiger charge is 2.50. The molecule has 3 aliphatic rings. The second-order valence-electron chi connectivity index (χ2n) is 6.55. The van der Waals surface area contributed by atoms with E-state index in [1.807, 2.05) is 0 Å². The van der Waals surface area contributed by atoms with Crippen molar-refractivity contribution < 1.29 is 4.39 Å². The molecule has 0 spiro atoms. The monoisotopic (exact) mass is 283 g/mol. The first-order valence-corrected chi connectivity index (χ1v) is 7.70. The van der Waals surface area contributed by atoms with Crippen molar-refractivity contribution in [3.63, 3.8) is 0 Å². The number of rotatable bonds is 2. The van der Waals surface area contributed by atoms with E-state index >= 15 is 0 Å². The molecule has 0 radical (unpaired) electrons. The van der Waals surface area contributed by atoms with Crippen molar-refractivity contribution in [2.45, 2.75) is 55.6 Å². The van der Waals surface area contributed by atoms with Gasteiger partial charge in [-0.1, -0.05) is 18.6 Å². The summed E-state index contributed by atoms with van der Waals surface area (Å²) in [7, 11) is 0. The first-order chi connectivity index (χ1) is 10.2. The van der Waals surface area contributed by atoms with E-state index < -0.39 is 5.41 Å². The minimum Gasteiger partial charge on any atom is -0.287 e. The molecule has 2 aliphatic heterocycles. The first kappa shape index (κ1) is 13.0. The summed E-state index contributed by atoms with van der Waals surface area (Å²) in [6.07, 6.45) is 12.7. The van der Waals surface area contributed by atoms with E-state index in [0.29, 0.717) is 18.1 Å². The first-order valence-electron chi connectivity index (χ1n) is 7.70. The van der Waals surface area contributed by atoms with Crippen molar-refractivity contribution in [3.05, 3.63) is 42.0 Å². The van der Waals surface area contributed by atoms with Crippen LogP contribution in [-0.4, -0.2) is 28.0 Å². The lowest BCUT2D eigenvalue weighted by Crippen LogP contribution is -2.55. The Labute approximate surface area is 124 Å². The maximum atomic E-state index is 13.5. The standard InChI is InChI=1S/C17H18FN3/c18-13-6-12(9-20-10-13)17(11-19)7-15-4-5-16(8-17)21(15)14-2-1-3-14/h4-6,9-10,14-16H,1-3,7-8H2. The van der Waals surface area contributed by atoms with Gasteiger partial charge in [-0.2, -0.15) is 5.26 Å². The van der Waals surface area contributed by atoms with E-state index in [1.54, 1.807) is 6.20 Å². The predicted molar refractivity (Wildman–Crippen MR) is 76.9 cm³/mol. The molecule has 0 N–H and O–H groups in total. The maximum Gasteiger partial charge on any atom is 0.141 e.